The fourth-order valence-electron chi connectivity index (χ4n) is 2.56. The molecule has 3 aromatic rings. The van der Waals surface area contributed by atoms with E-state index in [0.29, 0.717) is 10.8 Å². The highest BCUT2D eigenvalue weighted by Crippen LogP contribution is 2.23. The number of imidazole rings is 1. The minimum absolute atomic E-state index is 0.0664. The molecular weight excluding hydrogens is 329 g/mol. The Morgan fingerprint density at radius 2 is 2.00 bits per heavy atom. The van der Waals surface area contributed by atoms with Crippen LogP contribution in [0.4, 0.5) is 4.39 Å². The van der Waals surface area contributed by atoms with Gasteiger partial charge in [0.15, 0.2) is 0 Å². The molecule has 24 heavy (non-hydrogen) atoms. The molecule has 0 unspecified atom stereocenters. The van der Waals surface area contributed by atoms with Crippen molar-refractivity contribution in [2.24, 2.45) is 5.92 Å². The lowest BCUT2D eigenvalue weighted by Crippen LogP contribution is -2.33. The molecule has 0 bridgehead atoms. The first-order chi connectivity index (χ1) is 11.5. The van der Waals surface area contributed by atoms with Crippen molar-refractivity contribution in [3.8, 4) is 0 Å². The molecule has 4 nitrogen and oxygen atoms in total. The smallest absolute Gasteiger partial charge is 0.254 e. The maximum absolute atomic E-state index is 13.9. The topological polar surface area (TPSA) is 57.8 Å². The van der Waals surface area contributed by atoms with Gasteiger partial charge in [-0.2, -0.15) is 0 Å². The summed E-state index contributed by atoms with van der Waals surface area (Å²) in [7, 11) is 0. The SMILES string of the molecule is CC(C)[C@@H](NC(=O)c1cc(Cl)ccc1F)c1nc2ccccc2[nH]1. The van der Waals surface area contributed by atoms with Crippen LogP contribution in [-0.4, -0.2) is 15.9 Å². The Morgan fingerprint density at radius 1 is 1.25 bits per heavy atom. The van der Waals surface area contributed by atoms with Gasteiger partial charge in [0.05, 0.1) is 22.6 Å². The number of carbonyl (C=O) groups excluding carboxylic acids is 1. The number of para-hydroxylation sites is 2. The second kappa shape index (κ2) is 6.61. The number of fused-ring (bicyclic) bond motifs is 1. The van der Waals surface area contributed by atoms with E-state index in [1.54, 1.807) is 0 Å². The summed E-state index contributed by atoms with van der Waals surface area (Å²) < 4.78 is 13.9. The minimum atomic E-state index is -0.607. The monoisotopic (exact) mass is 345 g/mol. The Balaban J connectivity index is 1.91. The van der Waals surface area contributed by atoms with Gasteiger partial charge in [-0.05, 0) is 36.2 Å². The zero-order valence-corrected chi connectivity index (χ0v) is 14.1. The molecule has 0 aliphatic carbocycles. The van der Waals surface area contributed by atoms with E-state index in [-0.39, 0.29) is 17.5 Å². The molecule has 0 saturated carbocycles. The number of amides is 1. The highest BCUT2D eigenvalue weighted by atomic mass is 35.5. The standard InChI is InChI=1S/C18H17ClFN3O/c1-10(2)16(17-21-14-5-3-4-6-15(14)22-17)23-18(24)12-9-11(19)7-8-13(12)20/h3-10,16H,1-2H3,(H,21,22)(H,23,24)/t16-/m1/s1. The molecule has 0 radical (unpaired) electrons. The van der Waals surface area contributed by atoms with Gasteiger partial charge in [-0.25, -0.2) is 9.37 Å². The summed E-state index contributed by atoms with van der Waals surface area (Å²) >= 11 is 5.87. The Bertz CT molecular complexity index is 858. The van der Waals surface area contributed by atoms with Gasteiger partial charge in [0.1, 0.15) is 11.6 Å². The zero-order chi connectivity index (χ0) is 17.3. The van der Waals surface area contributed by atoms with Crippen molar-refractivity contribution in [1.29, 1.82) is 0 Å². The summed E-state index contributed by atoms with van der Waals surface area (Å²) in [6, 6.07) is 11.2. The summed E-state index contributed by atoms with van der Waals surface area (Å²) in [6.07, 6.45) is 0. The third-order valence-electron chi connectivity index (χ3n) is 3.83. The lowest BCUT2D eigenvalue weighted by Gasteiger charge is -2.20. The van der Waals surface area contributed by atoms with E-state index in [2.05, 4.69) is 15.3 Å². The van der Waals surface area contributed by atoms with Gasteiger partial charge >= 0.3 is 0 Å². The van der Waals surface area contributed by atoms with Crippen LogP contribution in [0, 0.1) is 11.7 Å². The molecule has 6 heteroatoms. The van der Waals surface area contributed by atoms with Crippen LogP contribution < -0.4 is 5.32 Å². The van der Waals surface area contributed by atoms with Crippen LogP contribution >= 0.6 is 11.6 Å². The largest absolute Gasteiger partial charge is 0.342 e. The maximum Gasteiger partial charge on any atom is 0.254 e. The molecule has 0 fully saturated rings. The Morgan fingerprint density at radius 3 is 2.71 bits per heavy atom. The van der Waals surface area contributed by atoms with Crippen LogP contribution in [0.25, 0.3) is 11.0 Å². The summed E-state index contributed by atoms with van der Waals surface area (Å²) in [5, 5.41) is 3.16. The third kappa shape index (κ3) is 3.26. The highest BCUT2D eigenvalue weighted by molar-refractivity contribution is 6.31. The van der Waals surface area contributed by atoms with Crippen LogP contribution in [0.2, 0.25) is 5.02 Å². The predicted octanol–water partition coefficient (Wildman–Crippen LogP) is 4.48. The number of nitrogens with one attached hydrogen (secondary N) is 2. The summed E-state index contributed by atoms with van der Waals surface area (Å²) in [6.45, 7) is 3.93. The van der Waals surface area contributed by atoms with E-state index < -0.39 is 11.7 Å². The normalized spacial score (nSPS) is 12.5. The van der Waals surface area contributed by atoms with Crippen molar-refractivity contribution >= 4 is 28.5 Å². The molecule has 2 N–H and O–H groups in total. The van der Waals surface area contributed by atoms with Gasteiger partial charge in [0, 0.05) is 5.02 Å². The predicted molar refractivity (Wildman–Crippen MR) is 92.5 cm³/mol. The quantitative estimate of drug-likeness (QED) is 0.732. The molecule has 3 rings (SSSR count). The van der Waals surface area contributed by atoms with Crippen molar-refractivity contribution in [2.75, 3.05) is 0 Å². The second-order valence-electron chi connectivity index (χ2n) is 5.96. The van der Waals surface area contributed by atoms with Crippen molar-refractivity contribution < 1.29 is 9.18 Å². The van der Waals surface area contributed by atoms with Gasteiger partial charge in [0.25, 0.3) is 5.91 Å². The number of H-pyrrole nitrogens is 1. The fraction of sp³-hybridized carbons (Fsp3) is 0.222. The van der Waals surface area contributed by atoms with E-state index >= 15 is 0 Å². The number of aromatic amines is 1. The molecule has 0 aliphatic rings. The maximum atomic E-state index is 13.9. The van der Waals surface area contributed by atoms with Crippen molar-refractivity contribution in [3.05, 3.63) is 64.7 Å². The van der Waals surface area contributed by atoms with Gasteiger partial charge in [-0.15, -0.1) is 0 Å². The first-order valence-electron chi connectivity index (χ1n) is 7.66. The first-order valence-corrected chi connectivity index (χ1v) is 8.04. The number of carbonyl (C=O) groups is 1. The molecule has 1 amide bonds. The summed E-state index contributed by atoms with van der Waals surface area (Å²) in [4.78, 5) is 20.2. The van der Waals surface area contributed by atoms with E-state index in [1.807, 2.05) is 38.1 Å². The Hall–Kier alpha value is -2.40. The van der Waals surface area contributed by atoms with Crippen molar-refractivity contribution in [2.45, 2.75) is 19.9 Å². The fourth-order valence-corrected chi connectivity index (χ4v) is 2.73. The van der Waals surface area contributed by atoms with Crippen LogP contribution in [0.1, 0.15) is 36.1 Å². The first kappa shape index (κ1) is 16.5. The van der Waals surface area contributed by atoms with E-state index in [1.165, 1.54) is 18.2 Å². The molecule has 0 spiro atoms. The lowest BCUT2D eigenvalue weighted by molar-refractivity contribution is 0.0919. The van der Waals surface area contributed by atoms with Crippen LogP contribution in [0.15, 0.2) is 42.5 Å². The van der Waals surface area contributed by atoms with Crippen LogP contribution in [0.3, 0.4) is 0 Å². The number of benzene rings is 2. The van der Waals surface area contributed by atoms with Crippen molar-refractivity contribution in [1.82, 2.24) is 15.3 Å². The Labute approximate surface area is 144 Å². The number of nitrogens with zero attached hydrogens (tertiary/aromatic N) is 1. The van der Waals surface area contributed by atoms with Crippen LogP contribution in [-0.2, 0) is 0 Å². The second-order valence-corrected chi connectivity index (χ2v) is 6.39. The van der Waals surface area contributed by atoms with Gasteiger partial charge in [-0.3, -0.25) is 4.79 Å². The van der Waals surface area contributed by atoms with Crippen molar-refractivity contribution in [3.63, 3.8) is 0 Å². The average Bonchev–Trinajstić information content (AvgIpc) is 2.97. The molecule has 1 atom stereocenters. The van der Waals surface area contributed by atoms with Crippen LogP contribution in [0.5, 0.6) is 0 Å². The molecule has 1 heterocycles. The number of hydrogen-bond donors (Lipinski definition) is 2. The van der Waals surface area contributed by atoms with Gasteiger partial charge in [-0.1, -0.05) is 37.6 Å². The molecule has 2 aromatic carbocycles. The summed E-state index contributed by atoms with van der Waals surface area (Å²) in [5.74, 6) is -0.420. The third-order valence-corrected chi connectivity index (χ3v) is 4.06. The minimum Gasteiger partial charge on any atom is -0.342 e. The Kier molecular flexibility index (Phi) is 4.53. The zero-order valence-electron chi connectivity index (χ0n) is 13.3. The van der Waals surface area contributed by atoms with E-state index in [0.717, 1.165) is 11.0 Å². The molecule has 0 saturated heterocycles. The lowest BCUT2D eigenvalue weighted by atomic mass is 10.0. The number of rotatable bonds is 4. The number of aromatic nitrogens is 2. The summed E-state index contributed by atoms with van der Waals surface area (Å²) in [5.41, 5.74) is 1.63. The van der Waals surface area contributed by atoms with E-state index in [9.17, 15) is 9.18 Å². The highest BCUT2D eigenvalue weighted by Gasteiger charge is 2.23. The average molecular weight is 346 g/mol. The molecule has 1 aromatic heterocycles. The van der Waals surface area contributed by atoms with Gasteiger partial charge in [0.2, 0.25) is 0 Å². The molecule has 124 valence electrons. The van der Waals surface area contributed by atoms with E-state index in [4.69, 9.17) is 11.6 Å². The molecular formula is C18H17ClFN3O. The molecule has 0 aliphatic heterocycles. The number of halogens is 2. The number of hydrogen-bond acceptors (Lipinski definition) is 2. The van der Waals surface area contributed by atoms with Gasteiger partial charge < -0.3 is 10.3 Å².